The fraction of sp³-hybridized carbons (Fsp3) is 0.588. The van der Waals surface area contributed by atoms with Crippen LogP contribution in [0.15, 0.2) is 0 Å². The molecule has 0 bridgehead atoms. The van der Waals surface area contributed by atoms with Gasteiger partial charge in [0.05, 0.1) is 20.4 Å². The van der Waals surface area contributed by atoms with E-state index < -0.39 is 13.6 Å². The zero-order valence-corrected chi connectivity index (χ0v) is 16.4. The van der Waals surface area contributed by atoms with E-state index in [0.29, 0.717) is 24.3 Å². The van der Waals surface area contributed by atoms with Gasteiger partial charge < -0.3 is 24.6 Å². The third-order valence-corrected chi connectivity index (χ3v) is 5.14. The second-order valence-corrected chi connectivity index (χ2v) is 7.63. The van der Waals surface area contributed by atoms with Crippen molar-refractivity contribution in [1.82, 2.24) is 5.32 Å². The predicted octanol–water partition coefficient (Wildman–Crippen LogP) is 1.97. The molecule has 0 saturated carbocycles. The number of ether oxygens (including phenoxy) is 2. The molecule has 0 saturated heterocycles. The number of methoxy groups -OCH3 is 2. The first-order valence-electron chi connectivity index (χ1n) is 8.20. The highest BCUT2D eigenvalue weighted by atomic mass is 31.2. The number of nitrogens with one attached hydrogen (secondary N) is 1. The molecule has 8 heteroatoms. The molecule has 0 fully saturated rings. The number of rotatable bonds is 9. The highest BCUT2D eigenvalue weighted by Crippen LogP contribution is 2.35. The van der Waals surface area contributed by atoms with Gasteiger partial charge >= 0.3 is 13.6 Å². The number of benzene rings is 1. The Morgan fingerprint density at radius 1 is 1.12 bits per heavy atom. The summed E-state index contributed by atoms with van der Waals surface area (Å²) in [5.74, 6) is 0.0828. The smallest absolute Gasteiger partial charge is 0.341 e. The van der Waals surface area contributed by atoms with Gasteiger partial charge in [-0.3, -0.25) is 4.57 Å². The third kappa shape index (κ3) is 5.54. The molecule has 7 nitrogen and oxygen atoms in total. The molecule has 1 aromatic carbocycles. The summed E-state index contributed by atoms with van der Waals surface area (Å²) in [5, 5.41) is 3.03. The maximum Gasteiger partial charge on any atom is 0.341 e. The fourth-order valence-corrected chi connectivity index (χ4v) is 3.43. The Balaban J connectivity index is 3.13. The molecule has 0 radical (unpaired) electrons. The Morgan fingerprint density at radius 3 is 2.24 bits per heavy atom. The maximum absolute atomic E-state index is 12.2. The van der Waals surface area contributed by atoms with E-state index in [1.807, 2.05) is 20.8 Å². The maximum atomic E-state index is 12.2. The molecule has 25 heavy (non-hydrogen) atoms. The van der Waals surface area contributed by atoms with Crippen molar-refractivity contribution >= 4 is 13.6 Å². The van der Waals surface area contributed by atoms with E-state index in [0.717, 1.165) is 28.7 Å². The van der Waals surface area contributed by atoms with Crippen molar-refractivity contribution in [1.29, 1.82) is 0 Å². The summed E-state index contributed by atoms with van der Waals surface area (Å²) in [7, 11) is -1.13. The van der Waals surface area contributed by atoms with E-state index in [-0.39, 0.29) is 12.7 Å². The minimum absolute atomic E-state index is 0.203. The summed E-state index contributed by atoms with van der Waals surface area (Å²) in [5.41, 5.74) is 4.37. The Morgan fingerprint density at radius 2 is 1.76 bits per heavy atom. The normalized spacial score (nSPS) is 11.5. The lowest BCUT2D eigenvalue weighted by molar-refractivity contribution is 0.0595. The van der Waals surface area contributed by atoms with Gasteiger partial charge in [-0.2, -0.15) is 0 Å². The van der Waals surface area contributed by atoms with Crippen molar-refractivity contribution in [3.05, 3.63) is 27.8 Å². The van der Waals surface area contributed by atoms with E-state index in [4.69, 9.17) is 19.3 Å². The molecule has 0 aliphatic rings. The highest BCUT2D eigenvalue weighted by Gasteiger charge is 2.24. The van der Waals surface area contributed by atoms with Crippen molar-refractivity contribution in [2.45, 2.75) is 33.6 Å². The van der Waals surface area contributed by atoms with Gasteiger partial charge in [-0.1, -0.05) is 6.92 Å². The largest absolute Gasteiger partial charge is 0.496 e. The van der Waals surface area contributed by atoms with Gasteiger partial charge in [-0.25, -0.2) is 4.79 Å². The monoisotopic (exact) mass is 373 g/mol. The Hall–Kier alpha value is -1.40. The van der Waals surface area contributed by atoms with Crippen LogP contribution in [-0.2, 0) is 22.1 Å². The van der Waals surface area contributed by atoms with E-state index >= 15 is 0 Å². The molecule has 1 rings (SSSR count). The molecule has 0 spiro atoms. The SMILES string of the molecule is CCc1c(C)c(C)c(C(=O)OC)c(OC)c1CCNCCP(=O)(O)O. The number of carbonyl (C=O) groups excluding carboxylic acids is 1. The van der Waals surface area contributed by atoms with Gasteiger partial charge in [0.25, 0.3) is 0 Å². The Labute approximate surface area is 148 Å². The van der Waals surface area contributed by atoms with E-state index in [1.54, 1.807) is 0 Å². The molecule has 0 atom stereocenters. The average molecular weight is 373 g/mol. The Bertz CT molecular complexity index is 668. The zero-order valence-electron chi connectivity index (χ0n) is 15.5. The summed E-state index contributed by atoms with van der Waals surface area (Å²) < 4.78 is 21.3. The van der Waals surface area contributed by atoms with Crippen LogP contribution in [0.25, 0.3) is 0 Å². The number of carbonyl (C=O) groups is 1. The molecular weight excluding hydrogens is 345 g/mol. The molecule has 0 unspecified atom stereocenters. The second-order valence-electron chi connectivity index (χ2n) is 5.85. The summed E-state index contributed by atoms with van der Waals surface area (Å²) in [4.78, 5) is 30.0. The molecule has 142 valence electrons. The molecule has 0 aliphatic carbocycles. The number of hydrogen-bond donors (Lipinski definition) is 3. The van der Waals surface area contributed by atoms with Gasteiger partial charge in [-0.05, 0) is 55.5 Å². The third-order valence-electron chi connectivity index (χ3n) is 4.33. The minimum Gasteiger partial charge on any atom is -0.496 e. The molecule has 0 aliphatic heterocycles. The van der Waals surface area contributed by atoms with E-state index in [1.165, 1.54) is 14.2 Å². The summed E-state index contributed by atoms with van der Waals surface area (Å²) >= 11 is 0. The van der Waals surface area contributed by atoms with Crippen LogP contribution in [0, 0.1) is 13.8 Å². The van der Waals surface area contributed by atoms with Gasteiger partial charge in [0.2, 0.25) is 0 Å². The van der Waals surface area contributed by atoms with Gasteiger partial charge in [0.1, 0.15) is 11.3 Å². The van der Waals surface area contributed by atoms with Crippen LogP contribution in [0.2, 0.25) is 0 Å². The quantitative estimate of drug-likeness (QED) is 0.345. The van der Waals surface area contributed by atoms with Crippen molar-refractivity contribution < 1.29 is 28.6 Å². The zero-order chi connectivity index (χ0) is 19.2. The van der Waals surface area contributed by atoms with Crippen molar-refractivity contribution in [2.75, 3.05) is 33.5 Å². The predicted molar refractivity (Wildman–Crippen MR) is 96.7 cm³/mol. The standard InChI is InChI=1S/C17H28NO6P/c1-6-13-11(2)12(3)15(17(19)24-5)16(23-4)14(13)7-8-18-9-10-25(20,21)22/h18H,6-10H2,1-5H3,(H2,20,21,22). The molecule has 3 N–H and O–H groups in total. The van der Waals surface area contributed by atoms with Crippen molar-refractivity contribution in [2.24, 2.45) is 0 Å². The lowest BCUT2D eigenvalue weighted by atomic mass is 9.89. The van der Waals surface area contributed by atoms with E-state index in [2.05, 4.69) is 5.32 Å². The van der Waals surface area contributed by atoms with Crippen LogP contribution in [0.3, 0.4) is 0 Å². The molecule has 0 heterocycles. The van der Waals surface area contributed by atoms with Gasteiger partial charge in [0.15, 0.2) is 0 Å². The van der Waals surface area contributed by atoms with Crippen molar-refractivity contribution in [3.8, 4) is 5.75 Å². The minimum atomic E-state index is -4.00. The van der Waals surface area contributed by atoms with Crippen LogP contribution >= 0.6 is 7.60 Å². The highest BCUT2D eigenvalue weighted by molar-refractivity contribution is 7.51. The van der Waals surface area contributed by atoms with Crippen LogP contribution in [-0.4, -0.2) is 49.2 Å². The van der Waals surface area contributed by atoms with Gasteiger partial charge in [0, 0.05) is 6.54 Å². The van der Waals surface area contributed by atoms with Gasteiger partial charge in [-0.15, -0.1) is 0 Å². The van der Waals surface area contributed by atoms with Crippen LogP contribution in [0.4, 0.5) is 0 Å². The topological polar surface area (TPSA) is 105 Å². The summed E-state index contributed by atoms with van der Waals surface area (Å²) in [6.45, 7) is 6.65. The first kappa shape index (κ1) is 21.6. The van der Waals surface area contributed by atoms with Crippen LogP contribution in [0.1, 0.15) is 39.5 Å². The molecule has 0 aromatic heterocycles. The Kier molecular flexibility index (Phi) is 8.09. The molecular formula is C17H28NO6P. The average Bonchev–Trinajstić information content (AvgIpc) is 2.55. The first-order valence-corrected chi connectivity index (χ1v) is 10.00. The first-order chi connectivity index (χ1) is 11.7. The van der Waals surface area contributed by atoms with Crippen LogP contribution < -0.4 is 10.1 Å². The molecule has 0 amide bonds. The van der Waals surface area contributed by atoms with Crippen LogP contribution in [0.5, 0.6) is 5.75 Å². The lowest BCUT2D eigenvalue weighted by Gasteiger charge is -2.21. The fourth-order valence-electron chi connectivity index (χ4n) is 2.98. The number of hydrogen-bond acceptors (Lipinski definition) is 5. The van der Waals surface area contributed by atoms with Crippen molar-refractivity contribution in [3.63, 3.8) is 0 Å². The van der Waals surface area contributed by atoms with E-state index in [9.17, 15) is 9.36 Å². The molecule has 1 aromatic rings. The lowest BCUT2D eigenvalue weighted by Crippen LogP contribution is -2.22. The summed E-state index contributed by atoms with van der Waals surface area (Å²) in [6, 6.07) is 0. The summed E-state index contributed by atoms with van der Waals surface area (Å²) in [6.07, 6.45) is 1.17. The second kappa shape index (κ2) is 9.34. The number of esters is 1.